The molecule has 0 radical (unpaired) electrons. The number of hydrogen-bond donors (Lipinski definition) is 2. The van der Waals surface area contributed by atoms with E-state index in [9.17, 15) is 9.59 Å². The van der Waals surface area contributed by atoms with Crippen LogP contribution in [-0.2, 0) is 16.0 Å². The second-order valence-corrected chi connectivity index (χ2v) is 6.53. The van der Waals surface area contributed by atoms with Crippen LogP contribution < -0.4 is 15.4 Å². The third kappa shape index (κ3) is 3.86. The molecule has 2 aromatic carbocycles. The Hall–Kier alpha value is -3.67. The molecule has 1 aliphatic heterocycles. The number of nitrogens with one attached hydrogen (secondary N) is 2. The van der Waals surface area contributed by atoms with Crippen molar-refractivity contribution in [2.45, 2.75) is 12.3 Å². The molecule has 0 saturated heterocycles. The van der Waals surface area contributed by atoms with Crippen molar-refractivity contribution in [3.63, 3.8) is 0 Å². The second-order valence-electron chi connectivity index (χ2n) is 6.53. The Morgan fingerprint density at radius 1 is 1.07 bits per heavy atom. The van der Waals surface area contributed by atoms with Crippen molar-refractivity contribution in [3.8, 4) is 5.75 Å². The van der Waals surface area contributed by atoms with Gasteiger partial charge in [0.15, 0.2) is 12.4 Å². The van der Waals surface area contributed by atoms with Crippen LogP contribution in [0, 0.1) is 0 Å². The fourth-order valence-electron chi connectivity index (χ4n) is 3.24. The number of rotatable bonds is 5. The first kappa shape index (κ1) is 17.7. The quantitative estimate of drug-likeness (QED) is 0.719. The zero-order valence-corrected chi connectivity index (χ0v) is 15.1. The van der Waals surface area contributed by atoms with E-state index in [1.165, 1.54) is 0 Å². The summed E-state index contributed by atoms with van der Waals surface area (Å²) in [6.45, 7) is -0.0704. The van der Waals surface area contributed by atoms with E-state index in [4.69, 9.17) is 4.74 Å². The summed E-state index contributed by atoms with van der Waals surface area (Å²) in [7, 11) is 0. The molecule has 1 aromatic heterocycles. The highest BCUT2D eigenvalue weighted by atomic mass is 16.5. The first-order valence-corrected chi connectivity index (χ1v) is 9.01. The predicted octanol–water partition coefficient (Wildman–Crippen LogP) is 3.38. The molecule has 0 bridgehead atoms. The minimum atomic E-state index is -0.377. The summed E-state index contributed by atoms with van der Waals surface area (Å²) in [4.78, 5) is 28.8. The fourth-order valence-corrected chi connectivity index (χ4v) is 3.24. The van der Waals surface area contributed by atoms with Crippen molar-refractivity contribution in [3.05, 3.63) is 84.2 Å². The first-order chi connectivity index (χ1) is 13.7. The maximum absolute atomic E-state index is 13.2. The van der Waals surface area contributed by atoms with Crippen molar-refractivity contribution in [1.29, 1.82) is 0 Å². The molecule has 0 saturated carbocycles. The molecule has 2 N–H and O–H groups in total. The summed E-state index contributed by atoms with van der Waals surface area (Å²) in [5.74, 6) is -0.253. The molecule has 2 heterocycles. The Labute approximate surface area is 162 Å². The third-order valence-corrected chi connectivity index (χ3v) is 4.60. The number of ether oxygens (including phenoxy) is 1. The van der Waals surface area contributed by atoms with Gasteiger partial charge in [-0.25, -0.2) is 0 Å². The smallest absolute Gasteiger partial charge is 0.262 e. The van der Waals surface area contributed by atoms with E-state index in [2.05, 4.69) is 15.6 Å². The topological polar surface area (TPSA) is 80.3 Å². The summed E-state index contributed by atoms with van der Waals surface area (Å²) in [6, 6.07) is 18.8. The molecule has 6 nitrogen and oxygen atoms in total. The van der Waals surface area contributed by atoms with E-state index in [0.29, 0.717) is 23.5 Å². The number of nitrogens with zero attached hydrogens (tertiary/aromatic N) is 1. The van der Waals surface area contributed by atoms with E-state index in [0.717, 1.165) is 11.1 Å². The molecule has 140 valence electrons. The Bertz CT molecular complexity index is 990. The largest absolute Gasteiger partial charge is 0.479 e. The lowest BCUT2D eigenvalue weighted by Gasteiger charge is -2.22. The number of carbonyl (C=O) groups is 2. The average molecular weight is 373 g/mol. The van der Waals surface area contributed by atoms with Crippen molar-refractivity contribution < 1.29 is 14.3 Å². The van der Waals surface area contributed by atoms with E-state index < -0.39 is 0 Å². The highest BCUT2D eigenvalue weighted by molar-refractivity contribution is 6.01. The maximum Gasteiger partial charge on any atom is 0.262 e. The van der Waals surface area contributed by atoms with Crippen LogP contribution >= 0.6 is 0 Å². The minimum absolute atomic E-state index is 0.0704. The van der Waals surface area contributed by atoms with Gasteiger partial charge in [-0.3, -0.25) is 14.6 Å². The molecular weight excluding hydrogens is 354 g/mol. The number of hydrogen-bond acceptors (Lipinski definition) is 4. The molecular formula is C22H19N3O3. The predicted molar refractivity (Wildman–Crippen MR) is 106 cm³/mol. The van der Waals surface area contributed by atoms with Gasteiger partial charge in [0.25, 0.3) is 5.91 Å². The zero-order chi connectivity index (χ0) is 19.3. The van der Waals surface area contributed by atoms with Gasteiger partial charge in [-0.1, -0.05) is 36.4 Å². The summed E-state index contributed by atoms with van der Waals surface area (Å²) in [5.41, 5.74) is 3.05. The van der Waals surface area contributed by atoms with Crippen LogP contribution in [0.25, 0.3) is 0 Å². The Balaban J connectivity index is 1.61. The van der Waals surface area contributed by atoms with Crippen LogP contribution in [0.4, 0.5) is 11.4 Å². The van der Waals surface area contributed by atoms with Gasteiger partial charge >= 0.3 is 0 Å². The van der Waals surface area contributed by atoms with Crippen molar-refractivity contribution in [2.24, 2.45) is 0 Å². The van der Waals surface area contributed by atoms with E-state index in [1.807, 2.05) is 42.5 Å². The highest BCUT2D eigenvalue weighted by Gasteiger charge is 2.24. The summed E-state index contributed by atoms with van der Waals surface area (Å²) < 4.78 is 5.54. The molecule has 0 aliphatic carbocycles. The lowest BCUT2D eigenvalue weighted by molar-refractivity contribution is -0.118. The molecule has 28 heavy (non-hydrogen) atoms. The lowest BCUT2D eigenvalue weighted by Crippen LogP contribution is -2.27. The SMILES string of the molecule is O=C1COc2c(cccc2NC(=O)C(Cc2ccncc2)c2ccccc2)N1. The molecule has 1 atom stereocenters. The number of pyridine rings is 1. The monoisotopic (exact) mass is 373 g/mol. The molecule has 1 unspecified atom stereocenters. The lowest BCUT2D eigenvalue weighted by atomic mass is 9.91. The summed E-state index contributed by atoms with van der Waals surface area (Å²) >= 11 is 0. The van der Waals surface area contributed by atoms with Crippen LogP contribution in [0.2, 0.25) is 0 Å². The van der Waals surface area contributed by atoms with Crippen LogP contribution in [0.3, 0.4) is 0 Å². The minimum Gasteiger partial charge on any atom is -0.479 e. The standard InChI is InChI=1S/C22H19N3O3/c26-20-14-28-21-18(24-20)7-4-8-19(21)25-22(27)17(16-5-2-1-3-6-16)13-15-9-11-23-12-10-15/h1-12,17H,13-14H2,(H,24,26)(H,25,27). The van der Waals surface area contributed by atoms with Gasteiger partial charge in [0, 0.05) is 12.4 Å². The number of benzene rings is 2. The van der Waals surface area contributed by atoms with Crippen LogP contribution in [0.15, 0.2) is 73.1 Å². The Morgan fingerprint density at radius 2 is 1.86 bits per heavy atom. The molecule has 1 aliphatic rings. The first-order valence-electron chi connectivity index (χ1n) is 9.01. The fraction of sp³-hybridized carbons (Fsp3) is 0.136. The molecule has 0 fully saturated rings. The molecule has 6 heteroatoms. The number of aromatic nitrogens is 1. The average Bonchev–Trinajstić information content (AvgIpc) is 2.73. The van der Waals surface area contributed by atoms with Gasteiger partial charge in [-0.2, -0.15) is 0 Å². The number of fused-ring (bicyclic) bond motifs is 1. The number of amides is 2. The van der Waals surface area contributed by atoms with Gasteiger partial charge < -0.3 is 15.4 Å². The summed E-state index contributed by atoms with van der Waals surface area (Å²) in [5, 5.41) is 5.72. The second kappa shape index (κ2) is 7.92. The van der Waals surface area contributed by atoms with Crippen molar-refractivity contribution >= 4 is 23.2 Å². The van der Waals surface area contributed by atoms with Gasteiger partial charge in [0.05, 0.1) is 17.3 Å². The van der Waals surface area contributed by atoms with Crippen molar-refractivity contribution in [1.82, 2.24) is 4.98 Å². The molecule has 3 aromatic rings. The molecule has 4 rings (SSSR count). The molecule has 0 spiro atoms. The maximum atomic E-state index is 13.2. The van der Waals surface area contributed by atoms with Gasteiger partial charge in [-0.15, -0.1) is 0 Å². The number of para-hydroxylation sites is 1. The number of anilines is 2. The van der Waals surface area contributed by atoms with Crippen LogP contribution in [-0.4, -0.2) is 23.4 Å². The summed E-state index contributed by atoms with van der Waals surface area (Å²) in [6.07, 6.45) is 3.99. The number of carbonyl (C=O) groups excluding carboxylic acids is 2. The van der Waals surface area contributed by atoms with E-state index in [-0.39, 0.29) is 24.3 Å². The Kier molecular flexibility index (Phi) is 5.01. The van der Waals surface area contributed by atoms with Gasteiger partial charge in [0.2, 0.25) is 5.91 Å². The van der Waals surface area contributed by atoms with Crippen LogP contribution in [0.5, 0.6) is 5.75 Å². The van der Waals surface area contributed by atoms with E-state index >= 15 is 0 Å². The Morgan fingerprint density at radius 3 is 2.64 bits per heavy atom. The van der Waals surface area contributed by atoms with Crippen LogP contribution in [0.1, 0.15) is 17.0 Å². The van der Waals surface area contributed by atoms with Gasteiger partial charge in [0.1, 0.15) is 0 Å². The van der Waals surface area contributed by atoms with Gasteiger partial charge in [-0.05, 0) is 41.8 Å². The highest BCUT2D eigenvalue weighted by Crippen LogP contribution is 2.36. The zero-order valence-electron chi connectivity index (χ0n) is 15.1. The third-order valence-electron chi connectivity index (χ3n) is 4.60. The van der Waals surface area contributed by atoms with Crippen molar-refractivity contribution in [2.75, 3.05) is 17.2 Å². The normalized spacial score (nSPS) is 13.6. The van der Waals surface area contributed by atoms with E-state index in [1.54, 1.807) is 30.6 Å². The molecule has 2 amide bonds.